The molecule has 2 heteroatoms. The van der Waals surface area contributed by atoms with Gasteiger partial charge in [-0.1, -0.05) is 53.7 Å². The molecule has 0 bridgehead atoms. The highest BCUT2D eigenvalue weighted by Gasteiger charge is 2.04. The van der Waals surface area contributed by atoms with E-state index in [0.717, 1.165) is 16.3 Å². The third-order valence-electron chi connectivity index (χ3n) is 2.87. The molecule has 2 aromatic carbocycles. The van der Waals surface area contributed by atoms with E-state index in [9.17, 15) is 0 Å². The van der Waals surface area contributed by atoms with Crippen molar-refractivity contribution in [1.29, 1.82) is 0 Å². The molecular formula is C18H19NS. The molecule has 0 saturated heterocycles. The van der Waals surface area contributed by atoms with Gasteiger partial charge in [-0.15, -0.1) is 0 Å². The lowest BCUT2D eigenvalue weighted by Crippen LogP contribution is -1.92. The molecule has 0 aromatic heterocycles. The van der Waals surface area contributed by atoms with Gasteiger partial charge in [0.1, 0.15) is 5.04 Å². The molecule has 0 radical (unpaired) electrons. The van der Waals surface area contributed by atoms with Gasteiger partial charge in [0, 0.05) is 4.90 Å². The number of aryl methyl sites for hydroxylation is 2. The van der Waals surface area contributed by atoms with Crippen LogP contribution < -0.4 is 0 Å². The van der Waals surface area contributed by atoms with Gasteiger partial charge in [0.15, 0.2) is 0 Å². The fraction of sp³-hybridized carbons (Fsp3) is 0.167. The molecule has 0 amide bonds. The average molecular weight is 281 g/mol. The maximum atomic E-state index is 4.70. The lowest BCUT2D eigenvalue weighted by atomic mass is 10.2. The predicted octanol–water partition coefficient (Wildman–Crippen LogP) is 5.70. The van der Waals surface area contributed by atoms with E-state index in [1.54, 1.807) is 11.8 Å². The van der Waals surface area contributed by atoms with E-state index in [4.69, 9.17) is 4.99 Å². The van der Waals surface area contributed by atoms with Crippen molar-refractivity contribution in [3.8, 4) is 0 Å². The summed E-state index contributed by atoms with van der Waals surface area (Å²) in [4.78, 5) is 5.88. The third-order valence-corrected chi connectivity index (χ3v) is 4.01. The van der Waals surface area contributed by atoms with E-state index in [0.29, 0.717) is 0 Å². The summed E-state index contributed by atoms with van der Waals surface area (Å²) in [6, 6.07) is 16.7. The molecule has 20 heavy (non-hydrogen) atoms. The SMILES string of the molecule is C=C(C)C(=Nc1ccc(C)cc1)Sc1ccc(C)cc1. The predicted molar refractivity (Wildman–Crippen MR) is 90.1 cm³/mol. The number of benzene rings is 2. The Kier molecular flexibility index (Phi) is 4.80. The van der Waals surface area contributed by atoms with Crippen LogP contribution in [0.2, 0.25) is 0 Å². The van der Waals surface area contributed by atoms with Crippen molar-refractivity contribution in [3.63, 3.8) is 0 Å². The van der Waals surface area contributed by atoms with Gasteiger partial charge in [-0.2, -0.15) is 0 Å². The largest absolute Gasteiger partial charge is 0.242 e. The number of thioether (sulfide) groups is 1. The molecule has 0 unspecified atom stereocenters. The number of aliphatic imine (C=N–C) groups is 1. The van der Waals surface area contributed by atoms with Crippen LogP contribution in [-0.4, -0.2) is 5.04 Å². The van der Waals surface area contributed by atoms with Crippen LogP contribution in [0, 0.1) is 13.8 Å². The average Bonchev–Trinajstić information content (AvgIpc) is 2.42. The van der Waals surface area contributed by atoms with Crippen molar-refractivity contribution in [2.75, 3.05) is 0 Å². The lowest BCUT2D eigenvalue weighted by Gasteiger charge is -2.06. The molecule has 0 aliphatic heterocycles. The van der Waals surface area contributed by atoms with E-state index in [1.165, 1.54) is 16.0 Å². The summed E-state index contributed by atoms with van der Waals surface area (Å²) in [5.41, 5.74) is 4.46. The zero-order chi connectivity index (χ0) is 14.5. The van der Waals surface area contributed by atoms with Gasteiger partial charge in [-0.05, 0) is 50.6 Å². The fourth-order valence-electron chi connectivity index (χ4n) is 1.66. The molecule has 0 saturated carbocycles. The second kappa shape index (κ2) is 6.58. The normalized spacial score (nSPS) is 11.4. The van der Waals surface area contributed by atoms with Crippen LogP contribution in [0.25, 0.3) is 0 Å². The Balaban J connectivity index is 2.25. The second-order valence-corrected chi connectivity index (χ2v) is 6.01. The minimum atomic E-state index is 0.956. The Morgan fingerprint density at radius 2 is 1.40 bits per heavy atom. The summed E-state index contributed by atoms with van der Waals surface area (Å²) in [5, 5.41) is 0.956. The van der Waals surface area contributed by atoms with Crippen molar-refractivity contribution < 1.29 is 0 Å². The molecule has 0 aliphatic rings. The van der Waals surface area contributed by atoms with Crippen LogP contribution in [-0.2, 0) is 0 Å². The summed E-state index contributed by atoms with van der Waals surface area (Å²) in [6.07, 6.45) is 0. The zero-order valence-corrected chi connectivity index (χ0v) is 13.0. The highest BCUT2D eigenvalue weighted by atomic mass is 32.2. The number of rotatable bonds is 3. The van der Waals surface area contributed by atoms with Gasteiger partial charge in [0.25, 0.3) is 0 Å². The van der Waals surface area contributed by atoms with Gasteiger partial charge in [-0.25, -0.2) is 4.99 Å². The minimum absolute atomic E-state index is 0.956. The highest BCUT2D eigenvalue weighted by Crippen LogP contribution is 2.26. The van der Waals surface area contributed by atoms with E-state index in [1.807, 2.05) is 19.1 Å². The molecule has 102 valence electrons. The van der Waals surface area contributed by atoms with Crippen LogP contribution in [0.4, 0.5) is 5.69 Å². The maximum Gasteiger partial charge on any atom is 0.104 e. The van der Waals surface area contributed by atoms with E-state index >= 15 is 0 Å². The Bertz CT molecular complexity index is 621. The van der Waals surface area contributed by atoms with Crippen molar-refractivity contribution in [2.45, 2.75) is 25.7 Å². The van der Waals surface area contributed by atoms with Gasteiger partial charge in [0.05, 0.1) is 5.69 Å². The smallest absolute Gasteiger partial charge is 0.104 e. The van der Waals surface area contributed by atoms with Crippen LogP contribution in [0.1, 0.15) is 18.1 Å². The number of hydrogen-bond acceptors (Lipinski definition) is 2. The van der Waals surface area contributed by atoms with Crippen LogP contribution >= 0.6 is 11.8 Å². The maximum absolute atomic E-state index is 4.70. The van der Waals surface area contributed by atoms with E-state index < -0.39 is 0 Å². The van der Waals surface area contributed by atoms with E-state index in [2.05, 4.69) is 56.8 Å². The van der Waals surface area contributed by atoms with Gasteiger partial charge in [0.2, 0.25) is 0 Å². The molecule has 2 aromatic rings. The Morgan fingerprint density at radius 1 is 0.900 bits per heavy atom. The van der Waals surface area contributed by atoms with Crippen LogP contribution in [0.3, 0.4) is 0 Å². The minimum Gasteiger partial charge on any atom is -0.242 e. The molecule has 0 spiro atoms. The third kappa shape index (κ3) is 4.10. The Morgan fingerprint density at radius 3 is 1.90 bits per heavy atom. The fourth-order valence-corrected chi connectivity index (χ4v) is 2.48. The first-order chi connectivity index (χ1) is 9.54. The zero-order valence-electron chi connectivity index (χ0n) is 12.2. The van der Waals surface area contributed by atoms with Gasteiger partial charge < -0.3 is 0 Å². The van der Waals surface area contributed by atoms with Crippen LogP contribution in [0.5, 0.6) is 0 Å². The molecule has 0 heterocycles. The summed E-state index contributed by atoms with van der Waals surface area (Å²) >= 11 is 1.66. The van der Waals surface area contributed by atoms with Gasteiger partial charge >= 0.3 is 0 Å². The highest BCUT2D eigenvalue weighted by molar-refractivity contribution is 8.14. The Labute approximate surface area is 125 Å². The number of hydrogen-bond donors (Lipinski definition) is 0. The molecule has 0 N–H and O–H groups in total. The first-order valence-corrected chi connectivity index (χ1v) is 7.42. The molecular weight excluding hydrogens is 262 g/mol. The molecule has 0 aliphatic carbocycles. The topological polar surface area (TPSA) is 12.4 Å². The summed E-state index contributed by atoms with van der Waals surface area (Å²) in [6.45, 7) is 10.2. The van der Waals surface area contributed by atoms with Crippen molar-refractivity contribution in [1.82, 2.24) is 0 Å². The summed E-state index contributed by atoms with van der Waals surface area (Å²) in [5.74, 6) is 0. The quantitative estimate of drug-likeness (QED) is 0.399. The van der Waals surface area contributed by atoms with E-state index in [-0.39, 0.29) is 0 Å². The Hall–Kier alpha value is -1.80. The first-order valence-electron chi connectivity index (χ1n) is 6.60. The summed E-state index contributed by atoms with van der Waals surface area (Å²) < 4.78 is 0. The molecule has 2 rings (SSSR count). The van der Waals surface area contributed by atoms with Gasteiger partial charge in [-0.3, -0.25) is 0 Å². The summed E-state index contributed by atoms with van der Waals surface area (Å²) in [7, 11) is 0. The number of nitrogens with zero attached hydrogens (tertiary/aromatic N) is 1. The van der Waals surface area contributed by atoms with Crippen molar-refractivity contribution >= 4 is 22.5 Å². The van der Waals surface area contributed by atoms with Crippen LogP contribution in [0.15, 0.2) is 70.6 Å². The second-order valence-electron chi connectivity index (χ2n) is 4.95. The molecule has 1 nitrogen and oxygen atoms in total. The monoisotopic (exact) mass is 281 g/mol. The van der Waals surface area contributed by atoms with Crippen molar-refractivity contribution in [2.24, 2.45) is 4.99 Å². The lowest BCUT2D eigenvalue weighted by molar-refractivity contribution is 1.38. The van der Waals surface area contributed by atoms with Crippen molar-refractivity contribution in [3.05, 3.63) is 71.8 Å². The standard InChI is InChI=1S/C18H19NS/c1-13(2)18(19-16-9-5-14(3)6-10-16)20-17-11-7-15(4)8-12-17/h5-12H,1H2,2-4H3. The molecule has 0 atom stereocenters. The first kappa shape index (κ1) is 14.6. The molecule has 0 fully saturated rings.